The summed E-state index contributed by atoms with van der Waals surface area (Å²) in [6.45, 7) is 11.6. The second-order valence-electron chi connectivity index (χ2n) is 11.2. The lowest BCUT2D eigenvalue weighted by Crippen LogP contribution is -2.52. The van der Waals surface area contributed by atoms with Gasteiger partial charge in [0.25, 0.3) is 0 Å². The van der Waals surface area contributed by atoms with Crippen LogP contribution in [0.2, 0.25) is 0 Å². The first-order valence-electron chi connectivity index (χ1n) is 12.1. The maximum Gasteiger partial charge on any atom is 0.132 e. The van der Waals surface area contributed by atoms with Crippen molar-refractivity contribution in [2.45, 2.75) is 97.9 Å². The van der Waals surface area contributed by atoms with Crippen LogP contribution in [0.3, 0.4) is 0 Å². The molecule has 5 rings (SSSR count). The predicted molar refractivity (Wildman–Crippen MR) is 122 cm³/mol. The topological polar surface area (TPSA) is 33.6 Å². The zero-order valence-electron chi connectivity index (χ0n) is 18.1. The fourth-order valence-corrected chi connectivity index (χ4v) is 8.17. The maximum absolute atomic E-state index is 5.77. The summed E-state index contributed by atoms with van der Waals surface area (Å²) in [5.74, 6) is 3.61. The molecular weight excluding hydrogens is 356 g/mol. The van der Waals surface area contributed by atoms with Crippen molar-refractivity contribution in [2.75, 3.05) is 13.2 Å². The Morgan fingerprint density at radius 2 is 1.93 bits per heavy atom. The van der Waals surface area contributed by atoms with Gasteiger partial charge in [-0.3, -0.25) is 0 Å². The van der Waals surface area contributed by atoms with Crippen molar-refractivity contribution in [3.63, 3.8) is 0 Å². The summed E-state index contributed by atoms with van der Waals surface area (Å²) in [5, 5.41) is 8.11. The lowest BCUT2D eigenvalue weighted by atomic mass is 9.45. The lowest BCUT2D eigenvalue weighted by Gasteiger charge is -2.60. The van der Waals surface area contributed by atoms with Crippen LogP contribution in [0, 0.1) is 34.5 Å². The number of hydrogen-bond donors (Lipinski definition) is 1. The Labute approximate surface area is 179 Å². The summed E-state index contributed by atoms with van der Waals surface area (Å²) < 4.78 is 0. The molecule has 3 heteroatoms. The summed E-state index contributed by atoms with van der Waals surface area (Å²) in [5.41, 5.74) is 3.89. The van der Waals surface area contributed by atoms with E-state index in [2.05, 4.69) is 30.9 Å². The molecule has 164 valence electrons. The van der Waals surface area contributed by atoms with Crippen LogP contribution < -0.4 is 5.32 Å². The molecule has 0 spiro atoms. The summed E-state index contributed by atoms with van der Waals surface area (Å²) >= 11 is 0. The second-order valence-corrected chi connectivity index (χ2v) is 11.2. The van der Waals surface area contributed by atoms with Gasteiger partial charge in [0.05, 0.1) is 5.71 Å². The van der Waals surface area contributed by atoms with Gasteiger partial charge in [-0.1, -0.05) is 38.6 Å². The third-order valence-electron chi connectivity index (χ3n) is 10.1. The molecule has 0 bridgehead atoms. The van der Waals surface area contributed by atoms with Crippen LogP contribution in [-0.4, -0.2) is 24.9 Å². The molecule has 1 N–H and O–H groups in total. The fourth-order valence-electron chi connectivity index (χ4n) is 8.17. The molecule has 3 nitrogen and oxygen atoms in total. The van der Waals surface area contributed by atoms with Gasteiger partial charge in [0.2, 0.25) is 0 Å². The molecule has 1 saturated heterocycles. The van der Waals surface area contributed by atoms with Crippen molar-refractivity contribution >= 4 is 5.71 Å². The molecule has 29 heavy (non-hydrogen) atoms. The van der Waals surface area contributed by atoms with E-state index in [1.807, 2.05) is 0 Å². The molecule has 0 aromatic carbocycles. The molecule has 1 heterocycles. The van der Waals surface area contributed by atoms with Gasteiger partial charge in [-0.15, -0.1) is 0 Å². The Kier molecular flexibility index (Phi) is 5.92. The molecule has 7 atom stereocenters. The molecule has 0 amide bonds. The predicted octanol–water partition coefficient (Wildman–Crippen LogP) is 6.35. The van der Waals surface area contributed by atoms with Crippen molar-refractivity contribution < 1.29 is 4.84 Å². The van der Waals surface area contributed by atoms with Gasteiger partial charge in [-0.2, -0.15) is 0 Å². The second kappa shape index (κ2) is 8.02. The number of nitrogens with one attached hydrogen (secondary N) is 1. The van der Waals surface area contributed by atoms with Gasteiger partial charge in [-0.05, 0) is 112 Å². The van der Waals surface area contributed by atoms with Crippen LogP contribution in [0.25, 0.3) is 0 Å². The third kappa shape index (κ3) is 3.50. The normalized spacial score (nSPS) is 47.9. The van der Waals surface area contributed by atoms with Gasteiger partial charge in [0.1, 0.15) is 6.61 Å². The number of fused-ring (bicyclic) bond motifs is 5. The van der Waals surface area contributed by atoms with Crippen molar-refractivity contribution in [1.29, 1.82) is 0 Å². The Morgan fingerprint density at radius 3 is 2.72 bits per heavy atom. The molecule has 5 fully saturated rings. The number of oxime groups is 1. The molecule has 5 unspecified atom stereocenters. The minimum Gasteiger partial charge on any atom is -0.394 e. The van der Waals surface area contributed by atoms with E-state index in [9.17, 15) is 0 Å². The van der Waals surface area contributed by atoms with E-state index in [-0.39, 0.29) is 7.43 Å². The number of nitrogens with zero attached hydrogens (tertiary/aromatic N) is 1. The Bertz CT molecular complexity index is 651. The first-order chi connectivity index (χ1) is 13.5. The molecule has 4 saturated carbocycles. The highest BCUT2D eigenvalue weighted by Crippen LogP contribution is 2.66. The van der Waals surface area contributed by atoms with Crippen molar-refractivity contribution in [3.05, 3.63) is 12.2 Å². The molecule has 4 aliphatic carbocycles. The van der Waals surface area contributed by atoms with Crippen LogP contribution in [-0.2, 0) is 4.84 Å². The summed E-state index contributed by atoms with van der Waals surface area (Å²) in [4.78, 5) is 5.77. The number of hydrogen-bond acceptors (Lipinski definition) is 3. The Balaban J connectivity index is 0.00000205. The quantitative estimate of drug-likeness (QED) is 0.442. The molecular formula is C26H44N2O. The Morgan fingerprint density at radius 1 is 1.07 bits per heavy atom. The SMILES string of the molecule is C.C=C1CCC2C3CCC4CC(=NOCC5CCCN5)CC[C@]4(C)C3CC[C@]12C. The smallest absolute Gasteiger partial charge is 0.132 e. The van der Waals surface area contributed by atoms with Crippen LogP contribution in [0.1, 0.15) is 91.9 Å². The van der Waals surface area contributed by atoms with Crippen molar-refractivity contribution in [2.24, 2.45) is 39.7 Å². The lowest BCUT2D eigenvalue weighted by molar-refractivity contribution is -0.0860. The van der Waals surface area contributed by atoms with Gasteiger partial charge < -0.3 is 10.2 Å². The van der Waals surface area contributed by atoms with Crippen molar-refractivity contribution in [3.8, 4) is 0 Å². The minimum absolute atomic E-state index is 0. The zero-order chi connectivity index (χ0) is 19.4. The molecule has 0 aromatic rings. The highest BCUT2D eigenvalue weighted by molar-refractivity contribution is 5.85. The zero-order valence-corrected chi connectivity index (χ0v) is 18.1. The van der Waals surface area contributed by atoms with Gasteiger partial charge >= 0.3 is 0 Å². The van der Waals surface area contributed by atoms with Gasteiger partial charge in [0.15, 0.2) is 0 Å². The summed E-state index contributed by atoms with van der Waals surface area (Å²) in [6.07, 6.45) is 14.5. The maximum atomic E-state index is 5.77. The van der Waals surface area contributed by atoms with Gasteiger partial charge in [0, 0.05) is 6.04 Å². The first kappa shape index (κ1) is 21.4. The van der Waals surface area contributed by atoms with Crippen LogP contribution in [0.15, 0.2) is 17.3 Å². The molecule has 1 aliphatic heterocycles. The van der Waals surface area contributed by atoms with E-state index in [1.165, 1.54) is 69.9 Å². The Hall–Kier alpha value is -0.830. The highest BCUT2D eigenvalue weighted by atomic mass is 16.6. The number of allylic oxidation sites excluding steroid dienone is 1. The largest absolute Gasteiger partial charge is 0.394 e. The van der Waals surface area contributed by atoms with Crippen molar-refractivity contribution in [1.82, 2.24) is 5.32 Å². The van der Waals surface area contributed by atoms with E-state index in [1.54, 1.807) is 5.57 Å². The average molecular weight is 401 g/mol. The minimum atomic E-state index is 0. The van der Waals surface area contributed by atoms with Crippen LogP contribution >= 0.6 is 0 Å². The van der Waals surface area contributed by atoms with E-state index in [0.717, 1.165) is 43.2 Å². The van der Waals surface area contributed by atoms with Crippen LogP contribution in [0.5, 0.6) is 0 Å². The molecule has 5 aliphatic rings. The van der Waals surface area contributed by atoms with E-state index in [0.29, 0.717) is 16.9 Å². The van der Waals surface area contributed by atoms with E-state index < -0.39 is 0 Å². The summed E-state index contributed by atoms with van der Waals surface area (Å²) in [7, 11) is 0. The standard InChI is InChI=1S/C25H40N2O.CH4/c1-17-6-9-22-21-8-7-18-15-19(27-28-16-20-5-4-14-26-20)10-12-25(18,3)23(21)11-13-24(17,22)2;/h18,20-23,26H,1,4-16H2,2-3H3;1H4/t18?,20?,21?,22?,23?,24-,25+;/m1./s1. The van der Waals surface area contributed by atoms with E-state index in [4.69, 9.17) is 4.84 Å². The third-order valence-corrected chi connectivity index (χ3v) is 10.1. The van der Waals surface area contributed by atoms with E-state index >= 15 is 0 Å². The molecule has 0 aromatic heterocycles. The first-order valence-corrected chi connectivity index (χ1v) is 12.1. The monoisotopic (exact) mass is 400 g/mol. The molecule has 0 radical (unpaired) electrons. The average Bonchev–Trinajstić information content (AvgIpc) is 3.30. The van der Waals surface area contributed by atoms with Gasteiger partial charge in [-0.25, -0.2) is 0 Å². The highest BCUT2D eigenvalue weighted by Gasteiger charge is 2.58. The summed E-state index contributed by atoms with van der Waals surface area (Å²) in [6, 6.07) is 0.520. The fraction of sp³-hybridized carbons (Fsp3) is 0.885. The number of rotatable bonds is 3. The van der Waals surface area contributed by atoms with Crippen LogP contribution in [0.4, 0.5) is 0 Å².